The van der Waals surface area contributed by atoms with Crippen molar-refractivity contribution < 1.29 is 4.74 Å². The van der Waals surface area contributed by atoms with E-state index in [2.05, 4.69) is 31.2 Å². The maximum Gasteiger partial charge on any atom is 0.0717 e. The summed E-state index contributed by atoms with van der Waals surface area (Å²) in [7, 11) is 0. The first-order valence-corrected chi connectivity index (χ1v) is 6.16. The zero-order valence-corrected chi connectivity index (χ0v) is 9.99. The highest BCUT2D eigenvalue weighted by molar-refractivity contribution is 5.24. The van der Waals surface area contributed by atoms with Crippen molar-refractivity contribution in [3.05, 3.63) is 35.4 Å². The van der Waals surface area contributed by atoms with E-state index in [0.29, 0.717) is 12.5 Å². The zero-order chi connectivity index (χ0) is 11.4. The number of hydrogen-bond acceptors (Lipinski definition) is 2. The lowest BCUT2D eigenvalue weighted by Gasteiger charge is -2.09. The molecule has 1 aliphatic carbocycles. The van der Waals surface area contributed by atoms with E-state index in [9.17, 15) is 0 Å². The molecule has 2 N–H and O–H groups in total. The van der Waals surface area contributed by atoms with Crippen molar-refractivity contribution in [1.82, 2.24) is 0 Å². The molecule has 1 unspecified atom stereocenters. The zero-order valence-electron chi connectivity index (χ0n) is 9.99. The molecule has 0 amide bonds. The summed E-state index contributed by atoms with van der Waals surface area (Å²) in [5.74, 6) is 1.29. The fourth-order valence-corrected chi connectivity index (χ4v) is 1.71. The summed E-state index contributed by atoms with van der Waals surface area (Å²) in [6, 6.07) is 8.61. The summed E-state index contributed by atoms with van der Waals surface area (Å²) in [5, 5.41) is 0. The molecule has 2 rings (SSSR count). The van der Waals surface area contributed by atoms with Crippen molar-refractivity contribution in [3.8, 4) is 0 Å². The van der Waals surface area contributed by atoms with Crippen LogP contribution in [0.4, 0.5) is 0 Å². The SMILES string of the molecule is CC(CN)c1ccc(COCC2CC2)cc1. The molecular formula is C14H21NO. The van der Waals surface area contributed by atoms with Crippen molar-refractivity contribution in [2.24, 2.45) is 11.7 Å². The molecule has 1 aromatic rings. The topological polar surface area (TPSA) is 35.2 Å². The Bertz CT molecular complexity index is 316. The first kappa shape index (κ1) is 11.6. The van der Waals surface area contributed by atoms with E-state index in [1.54, 1.807) is 0 Å². The van der Waals surface area contributed by atoms with Crippen LogP contribution < -0.4 is 5.73 Å². The molecule has 0 aromatic heterocycles. The summed E-state index contributed by atoms with van der Waals surface area (Å²) >= 11 is 0. The summed E-state index contributed by atoms with van der Waals surface area (Å²) in [5.41, 5.74) is 8.21. The van der Waals surface area contributed by atoms with Gasteiger partial charge < -0.3 is 10.5 Å². The van der Waals surface area contributed by atoms with Crippen molar-refractivity contribution in [2.45, 2.75) is 32.3 Å². The monoisotopic (exact) mass is 219 g/mol. The standard InChI is InChI=1S/C14H21NO/c1-11(8-15)14-6-4-13(5-7-14)10-16-9-12-2-3-12/h4-7,11-12H,2-3,8-10,15H2,1H3. The highest BCUT2D eigenvalue weighted by Crippen LogP contribution is 2.29. The largest absolute Gasteiger partial charge is 0.376 e. The summed E-state index contributed by atoms with van der Waals surface area (Å²) < 4.78 is 5.65. The molecule has 2 nitrogen and oxygen atoms in total. The van der Waals surface area contributed by atoms with E-state index in [1.165, 1.54) is 24.0 Å². The molecule has 0 aliphatic heterocycles. The van der Waals surface area contributed by atoms with E-state index in [4.69, 9.17) is 10.5 Å². The molecule has 1 fully saturated rings. The third-order valence-electron chi connectivity index (χ3n) is 3.22. The Balaban J connectivity index is 1.80. The number of ether oxygens (including phenoxy) is 1. The minimum absolute atomic E-state index is 0.446. The van der Waals surface area contributed by atoms with Gasteiger partial charge in [-0.25, -0.2) is 0 Å². The summed E-state index contributed by atoms with van der Waals surface area (Å²) in [6.45, 7) is 4.53. The van der Waals surface area contributed by atoms with Crippen LogP contribution in [-0.2, 0) is 11.3 Å². The number of nitrogens with two attached hydrogens (primary N) is 1. The van der Waals surface area contributed by atoms with Gasteiger partial charge in [0.05, 0.1) is 6.61 Å². The molecule has 1 aliphatic rings. The molecule has 16 heavy (non-hydrogen) atoms. The lowest BCUT2D eigenvalue weighted by Crippen LogP contribution is -2.08. The Morgan fingerprint density at radius 2 is 2.00 bits per heavy atom. The Morgan fingerprint density at radius 3 is 2.56 bits per heavy atom. The van der Waals surface area contributed by atoms with Gasteiger partial charge in [-0.05, 0) is 42.3 Å². The second kappa shape index (κ2) is 5.46. The average molecular weight is 219 g/mol. The fraction of sp³-hybridized carbons (Fsp3) is 0.571. The van der Waals surface area contributed by atoms with Gasteiger partial charge in [0.2, 0.25) is 0 Å². The molecule has 0 spiro atoms. The van der Waals surface area contributed by atoms with Gasteiger partial charge in [-0.15, -0.1) is 0 Å². The average Bonchev–Trinajstić information content (AvgIpc) is 3.13. The van der Waals surface area contributed by atoms with Gasteiger partial charge in [0, 0.05) is 6.61 Å². The highest BCUT2D eigenvalue weighted by Gasteiger charge is 2.20. The minimum atomic E-state index is 0.446. The Labute approximate surface area is 97.8 Å². The quantitative estimate of drug-likeness (QED) is 0.798. The van der Waals surface area contributed by atoms with Gasteiger partial charge in [-0.3, -0.25) is 0 Å². The van der Waals surface area contributed by atoms with E-state index in [0.717, 1.165) is 19.1 Å². The van der Waals surface area contributed by atoms with Gasteiger partial charge in [-0.1, -0.05) is 31.2 Å². The van der Waals surface area contributed by atoms with Gasteiger partial charge in [0.25, 0.3) is 0 Å². The second-order valence-electron chi connectivity index (χ2n) is 4.84. The third kappa shape index (κ3) is 3.32. The van der Waals surface area contributed by atoms with Gasteiger partial charge in [0.1, 0.15) is 0 Å². The first-order valence-electron chi connectivity index (χ1n) is 6.16. The van der Waals surface area contributed by atoms with Crippen LogP contribution in [0.25, 0.3) is 0 Å². The molecule has 0 saturated heterocycles. The maximum atomic E-state index is 5.65. The molecule has 0 radical (unpaired) electrons. The van der Waals surface area contributed by atoms with E-state index >= 15 is 0 Å². The normalized spacial score (nSPS) is 17.4. The van der Waals surface area contributed by atoms with Gasteiger partial charge in [0.15, 0.2) is 0 Å². The van der Waals surface area contributed by atoms with Crippen molar-refractivity contribution in [1.29, 1.82) is 0 Å². The van der Waals surface area contributed by atoms with Crippen molar-refractivity contribution >= 4 is 0 Å². The van der Waals surface area contributed by atoms with Gasteiger partial charge in [-0.2, -0.15) is 0 Å². The van der Waals surface area contributed by atoms with Crippen molar-refractivity contribution in [2.75, 3.05) is 13.2 Å². The molecule has 2 heteroatoms. The fourth-order valence-electron chi connectivity index (χ4n) is 1.71. The molecular weight excluding hydrogens is 198 g/mol. The Hall–Kier alpha value is -0.860. The first-order chi connectivity index (χ1) is 7.79. The van der Waals surface area contributed by atoms with E-state index < -0.39 is 0 Å². The predicted molar refractivity (Wildman–Crippen MR) is 66.3 cm³/mol. The van der Waals surface area contributed by atoms with Crippen LogP contribution >= 0.6 is 0 Å². The molecule has 0 bridgehead atoms. The number of hydrogen-bond donors (Lipinski definition) is 1. The number of rotatable bonds is 6. The van der Waals surface area contributed by atoms with Crippen LogP contribution in [-0.4, -0.2) is 13.2 Å². The lowest BCUT2D eigenvalue weighted by atomic mass is 10.0. The third-order valence-corrected chi connectivity index (χ3v) is 3.22. The Morgan fingerprint density at radius 1 is 1.31 bits per heavy atom. The molecule has 1 saturated carbocycles. The van der Waals surface area contributed by atoms with Crippen LogP contribution in [0.1, 0.15) is 36.8 Å². The predicted octanol–water partition coefficient (Wildman–Crippen LogP) is 2.68. The lowest BCUT2D eigenvalue weighted by molar-refractivity contribution is 0.111. The van der Waals surface area contributed by atoms with Gasteiger partial charge >= 0.3 is 0 Å². The highest BCUT2D eigenvalue weighted by atomic mass is 16.5. The summed E-state index contributed by atoms with van der Waals surface area (Å²) in [4.78, 5) is 0. The molecule has 1 aromatic carbocycles. The van der Waals surface area contributed by atoms with Crippen molar-refractivity contribution in [3.63, 3.8) is 0 Å². The maximum absolute atomic E-state index is 5.65. The molecule has 88 valence electrons. The molecule has 0 heterocycles. The smallest absolute Gasteiger partial charge is 0.0717 e. The van der Waals surface area contributed by atoms with Crippen LogP contribution in [0.5, 0.6) is 0 Å². The van der Waals surface area contributed by atoms with Crippen LogP contribution in [0, 0.1) is 5.92 Å². The van der Waals surface area contributed by atoms with E-state index in [1.807, 2.05) is 0 Å². The van der Waals surface area contributed by atoms with Crippen LogP contribution in [0.2, 0.25) is 0 Å². The van der Waals surface area contributed by atoms with Crippen LogP contribution in [0.15, 0.2) is 24.3 Å². The summed E-state index contributed by atoms with van der Waals surface area (Å²) in [6.07, 6.45) is 2.71. The Kier molecular flexibility index (Phi) is 3.97. The molecule has 1 atom stereocenters. The minimum Gasteiger partial charge on any atom is -0.376 e. The van der Waals surface area contributed by atoms with E-state index in [-0.39, 0.29) is 0 Å². The number of benzene rings is 1. The van der Waals surface area contributed by atoms with Crippen LogP contribution in [0.3, 0.4) is 0 Å². The second-order valence-corrected chi connectivity index (χ2v) is 4.84.